The monoisotopic (exact) mass is 249 g/mol. The van der Waals surface area contributed by atoms with Crippen molar-refractivity contribution in [3.63, 3.8) is 0 Å². The molecule has 0 atom stereocenters. The van der Waals surface area contributed by atoms with Crippen molar-refractivity contribution in [1.82, 2.24) is 0 Å². The van der Waals surface area contributed by atoms with E-state index in [0.29, 0.717) is 12.3 Å². The first kappa shape index (κ1) is 15.9. The Hall–Kier alpha value is -2.08. The average molecular weight is 249 g/mol. The van der Waals surface area contributed by atoms with Crippen LogP contribution >= 0.6 is 0 Å². The van der Waals surface area contributed by atoms with E-state index < -0.39 is 0 Å². The summed E-state index contributed by atoms with van der Waals surface area (Å²) >= 11 is 0. The van der Waals surface area contributed by atoms with E-state index >= 15 is 0 Å². The quantitative estimate of drug-likeness (QED) is 0.424. The minimum atomic E-state index is 0. The van der Waals surface area contributed by atoms with Crippen LogP contribution < -0.4 is 22.2 Å². The molecule has 2 aromatic carbocycles. The van der Waals surface area contributed by atoms with Crippen LogP contribution in [0.2, 0.25) is 0 Å². The fourth-order valence-corrected chi connectivity index (χ4v) is 1.35. The summed E-state index contributed by atoms with van der Waals surface area (Å²) in [5.41, 5.74) is 7.57. The van der Waals surface area contributed by atoms with Crippen LogP contribution in [-0.2, 0) is 6.61 Å². The third kappa shape index (κ3) is 4.84. The zero-order valence-electron chi connectivity index (χ0n) is 10.0. The number of hydrogen-bond donors (Lipinski definition) is 3. The van der Waals surface area contributed by atoms with E-state index in [4.69, 9.17) is 10.5 Å². The van der Waals surface area contributed by atoms with E-state index in [1.807, 2.05) is 54.6 Å². The van der Waals surface area contributed by atoms with Gasteiger partial charge in [0.15, 0.2) is 0 Å². The van der Waals surface area contributed by atoms with Crippen molar-refractivity contribution in [3.05, 3.63) is 60.2 Å². The number of nitrogen functional groups attached to an aromatic ring is 1. The van der Waals surface area contributed by atoms with Gasteiger partial charge in [0.05, 0.1) is 5.69 Å². The molecule has 0 aliphatic rings. The maximum Gasteiger partial charge on any atom is 0.142 e. The van der Waals surface area contributed by atoms with Gasteiger partial charge in [-0.05, 0) is 17.7 Å². The molecule has 0 aliphatic heterocycles. The number of para-hydroxylation sites is 2. The molecule has 0 heterocycles. The highest BCUT2D eigenvalue weighted by Gasteiger charge is 1.98. The topological polar surface area (TPSA) is 119 Å². The number of hydrogen-bond acceptors (Lipinski definition) is 4. The Morgan fingerprint density at radius 3 is 2.00 bits per heavy atom. The Labute approximate surface area is 106 Å². The molecule has 5 nitrogen and oxygen atoms in total. The van der Waals surface area contributed by atoms with Crippen LogP contribution in [0, 0.1) is 0 Å². The van der Waals surface area contributed by atoms with Crippen LogP contribution in [0.5, 0.6) is 5.75 Å². The summed E-state index contributed by atoms with van der Waals surface area (Å²) in [5.74, 6) is 8.74. The lowest BCUT2D eigenvalue weighted by atomic mass is 10.2. The Bertz CT molecular complexity index is 435. The Balaban J connectivity index is 0.000000917. The smallest absolute Gasteiger partial charge is 0.142 e. The van der Waals surface area contributed by atoms with Gasteiger partial charge in [-0.15, -0.1) is 0 Å². The molecule has 5 heteroatoms. The standard InChI is InChI=1S/C13H13NO.H4N2.H2O/c14-12-8-4-5-9-13(12)15-10-11-6-2-1-3-7-11;1-2;/h1-9H,10,14H2;1-2H2;1H2. The van der Waals surface area contributed by atoms with Gasteiger partial charge in [-0.3, -0.25) is 11.7 Å². The first-order valence-corrected chi connectivity index (χ1v) is 5.21. The molecule has 0 aliphatic carbocycles. The van der Waals surface area contributed by atoms with Crippen molar-refractivity contribution in [2.45, 2.75) is 6.61 Å². The van der Waals surface area contributed by atoms with Crippen molar-refractivity contribution in [3.8, 4) is 5.75 Å². The van der Waals surface area contributed by atoms with Crippen molar-refractivity contribution < 1.29 is 10.2 Å². The van der Waals surface area contributed by atoms with Gasteiger partial charge in [0.25, 0.3) is 0 Å². The zero-order chi connectivity index (χ0) is 12.5. The summed E-state index contributed by atoms with van der Waals surface area (Å²) in [6, 6.07) is 17.5. The Kier molecular flexibility index (Phi) is 7.96. The van der Waals surface area contributed by atoms with Gasteiger partial charge in [0.1, 0.15) is 12.4 Å². The minimum Gasteiger partial charge on any atom is -0.487 e. The van der Waals surface area contributed by atoms with Crippen molar-refractivity contribution in [2.75, 3.05) is 5.73 Å². The van der Waals surface area contributed by atoms with Crippen LogP contribution in [0.1, 0.15) is 5.56 Å². The number of nitrogens with two attached hydrogens (primary N) is 3. The first-order chi connectivity index (χ1) is 8.36. The third-order valence-corrected chi connectivity index (χ3v) is 2.16. The van der Waals surface area contributed by atoms with Gasteiger partial charge >= 0.3 is 0 Å². The second kappa shape index (κ2) is 9.00. The zero-order valence-corrected chi connectivity index (χ0v) is 10.0. The predicted octanol–water partition coefficient (Wildman–Crippen LogP) is 0.842. The second-order valence-electron chi connectivity index (χ2n) is 3.31. The number of hydrazine groups is 1. The van der Waals surface area contributed by atoms with Crippen LogP contribution in [0.3, 0.4) is 0 Å². The molecule has 2 rings (SSSR count). The van der Waals surface area contributed by atoms with E-state index in [2.05, 4.69) is 11.7 Å². The molecule has 8 N–H and O–H groups in total. The van der Waals surface area contributed by atoms with Crippen LogP contribution in [-0.4, -0.2) is 5.48 Å². The van der Waals surface area contributed by atoms with Crippen LogP contribution in [0.15, 0.2) is 54.6 Å². The highest BCUT2D eigenvalue weighted by atomic mass is 16.5. The largest absolute Gasteiger partial charge is 0.487 e. The normalized spacial score (nSPS) is 8.56. The van der Waals surface area contributed by atoms with Gasteiger partial charge in [0.2, 0.25) is 0 Å². The summed E-state index contributed by atoms with van der Waals surface area (Å²) in [7, 11) is 0. The third-order valence-electron chi connectivity index (χ3n) is 2.16. The van der Waals surface area contributed by atoms with E-state index in [1.165, 1.54) is 0 Å². The molecule has 0 unspecified atom stereocenters. The van der Waals surface area contributed by atoms with Gasteiger partial charge in [-0.25, -0.2) is 0 Å². The molecule has 0 fully saturated rings. The average Bonchev–Trinajstić information content (AvgIpc) is 2.41. The maximum atomic E-state index is 5.76. The van der Waals surface area contributed by atoms with Crippen molar-refractivity contribution in [1.29, 1.82) is 0 Å². The second-order valence-corrected chi connectivity index (χ2v) is 3.31. The lowest BCUT2D eigenvalue weighted by molar-refractivity contribution is 0.308. The number of rotatable bonds is 3. The van der Waals surface area contributed by atoms with Crippen molar-refractivity contribution >= 4 is 5.69 Å². The molecule has 2 aromatic rings. The highest BCUT2D eigenvalue weighted by Crippen LogP contribution is 2.20. The Morgan fingerprint density at radius 1 is 0.833 bits per heavy atom. The van der Waals surface area contributed by atoms with E-state index in [-0.39, 0.29) is 5.48 Å². The summed E-state index contributed by atoms with van der Waals surface area (Å²) < 4.78 is 5.60. The molecule has 0 saturated carbocycles. The van der Waals surface area contributed by atoms with Gasteiger partial charge in [-0.1, -0.05) is 42.5 Å². The molecule has 0 bridgehead atoms. The molecule has 0 amide bonds. The number of benzene rings is 2. The molecular formula is C13H19N3O2. The summed E-state index contributed by atoms with van der Waals surface area (Å²) in [6.45, 7) is 0.551. The number of ether oxygens (including phenoxy) is 1. The number of anilines is 1. The van der Waals surface area contributed by atoms with Gasteiger partial charge in [0, 0.05) is 0 Å². The maximum absolute atomic E-state index is 5.76. The summed E-state index contributed by atoms with van der Waals surface area (Å²) in [4.78, 5) is 0. The molecule has 18 heavy (non-hydrogen) atoms. The fourth-order valence-electron chi connectivity index (χ4n) is 1.35. The summed E-state index contributed by atoms with van der Waals surface area (Å²) in [6.07, 6.45) is 0. The minimum absolute atomic E-state index is 0. The van der Waals surface area contributed by atoms with Crippen LogP contribution in [0.4, 0.5) is 5.69 Å². The molecule has 0 spiro atoms. The van der Waals surface area contributed by atoms with Crippen molar-refractivity contribution in [2.24, 2.45) is 11.7 Å². The molecule has 0 radical (unpaired) electrons. The molecular weight excluding hydrogens is 230 g/mol. The fraction of sp³-hybridized carbons (Fsp3) is 0.0769. The van der Waals surface area contributed by atoms with E-state index in [9.17, 15) is 0 Å². The molecule has 98 valence electrons. The van der Waals surface area contributed by atoms with Gasteiger partial charge in [-0.2, -0.15) is 0 Å². The lowest BCUT2D eigenvalue weighted by Gasteiger charge is -2.08. The van der Waals surface area contributed by atoms with E-state index in [0.717, 1.165) is 11.3 Å². The summed E-state index contributed by atoms with van der Waals surface area (Å²) in [5, 5.41) is 0. The van der Waals surface area contributed by atoms with E-state index in [1.54, 1.807) is 0 Å². The predicted molar refractivity (Wildman–Crippen MR) is 73.6 cm³/mol. The lowest BCUT2D eigenvalue weighted by Crippen LogP contribution is -2.02. The highest BCUT2D eigenvalue weighted by molar-refractivity contribution is 5.51. The Morgan fingerprint density at radius 2 is 1.39 bits per heavy atom. The molecule has 0 saturated heterocycles. The van der Waals surface area contributed by atoms with Crippen LogP contribution in [0.25, 0.3) is 0 Å². The molecule has 0 aromatic heterocycles. The van der Waals surface area contributed by atoms with Gasteiger partial charge < -0.3 is 15.9 Å². The first-order valence-electron chi connectivity index (χ1n) is 5.21. The SMILES string of the molecule is NN.Nc1ccccc1OCc1ccccc1.O.